The zero-order valence-corrected chi connectivity index (χ0v) is 30.4. The van der Waals surface area contributed by atoms with E-state index in [9.17, 15) is 0 Å². The van der Waals surface area contributed by atoms with Crippen molar-refractivity contribution in [2.45, 2.75) is 0 Å². The summed E-state index contributed by atoms with van der Waals surface area (Å²) < 4.78 is 15.4. The van der Waals surface area contributed by atoms with Crippen molar-refractivity contribution in [3.8, 4) is 11.1 Å². The lowest BCUT2D eigenvalue weighted by Crippen LogP contribution is -2.09. The smallest absolute Gasteiger partial charge is 0.299 e. The summed E-state index contributed by atoms with van der Waals surface area (Å²) in [5.41, 5.74) is 10.4. The first-order valence-electron chi connectivity index (χ1n) is 18.4. The van der Waals surface area contributed by atoms with Crippen LogP contribution in [-0.4, -0.2) is 0 Å². The van der Waals surface area contributed by atoms with Gasteiger partial charge in [0.25, 0.3) is 5.78 Å². The van der Waals surface area contributed by atoms with Crippen molar-refractivity contribution in [2.75, 3.05) is 9.80 Å². The summed E-state index contributed by atoms with van der Waals surface area (Å²) in [6.45, 7) is 0. The molecule has 0 fully saturated rings. The lowest BCUT2D eigenvalue weighted by atomic mass is 9.99. The Bertz CT molecular complexity index is 3110. The number of rotatable bonds is 7. The minimum atomic E-state index is 0.525. The Hall–Kier alpha value is -7.08. The zero-order chi connectivity index (χ0) is 36.3. The molecule has 3 heterocycles. The van der Waals surface area contributed by atoms with Crippen LogP contribution < -0.4 is 9.80 Å². The number of nitrogens with zero attached hydrogens (tertiary/aromatic N) is 2. The van der Waals surface area contributed by atoms with E-state index in [-0.39, 0.29) is 0 Å². The van der Waals surface area contributed by atoms with Crippen LogP contribution in [0.1, 0.15) is 0 Å². The molecule has 0 radical (unpaired) electrons. The molecule has 8 aromatic carbocycles. The molecule has 4 nitrogen and oxygen atoms in total. The van der Waals surface area contributed by atoms with Gasteiger partial charge in [-0.25, -0.2) is 0 Å². The standard InChI is InChI=1S/C50H32N2O2S/c1-5-14-33(15-6-1)40-22-13-23-46-48(40)42-28-25-39(32-47(42)55-46)52(36-20-11-4-12-21-36)38-24-27-41-45(31-38)54-50-49(41)43-30-37(26-29-44(43)53-50)51(34-16-7-2-8-17-34)35-18-9-3-10-19-35/h1-32H. The molecule has 0 saturated carbocycles. The van der Waals surface area contributed by atoms with E-state index in [1.807, 2.05) is 29.5 Å². The summed E-state index contributed by atoms with van der Waals surface area (Å²) in [5, 5.41) is 5.58. The molecule has 11 aromatic rings. The van der Waals surface area contributed by atoms with Crippen LogP contribution in [0.5, 0.6) is 0 Å². The van der Waals surface area contributed by atoms with Gasteiger partial charge in [-0.3, -0.25) is 0 Å². The molecule has 5 heteroatoms. The Labute approximate surface area is 321 Å². The summed E-state index contributed by atoms with van der Waals surface area (Å²) in [7, 11) is 0. The van der Waals surface area contributed by atoms with Crippen molar-refractivity contribution in [3.63, 3.8) is 0 Å². The van der Waals surface area contributed by atoms with Gasteiger partial charge in [-0.05, 0) is 96.1 Å². The molecule has 0 saturated heterocycles. The van der Waals surface area contributed by atoms with Crippen molar-refractivity contribution in [1.82, 2.24) is 0 Å². The maximum Gasteiger partial charge on any atom is 0.299 e. The second kappa shape index (κ2) is 12.8. The summed E-state index contributed by atoms with van der Waals surface area (Å²) >= 11 is 1.84. The third kappa shape index (κ3) is 5.28. The Balaban J connectivity index is 1.04. The molecule has 0 amide bonds. The fraction of sp³-hybridized carbons (Fsp3) is 0. The SMILES string of the molecule is c1ccc(-c2cccc3sc4cc(N(c5ccccc5)c5ccc6c(c5)oc5oc7ccc(N(c8ccccc8)c8ccccc8)cc7c56)ccc4c23)cc1. The van der Waals surface area contributed by atoms with Crippen molar-refractivity contribution >= 4 is 98.7 Å². The van der Waals surface area contributed by atoms with Gasteiger partial charge >= 0.3 is 0 Å². The largest absolute Gasteiger partial charge is 0.425 e. The van der Waals surface area contributed by atoms with E-state index in [0.29, 0.717) is 5.78 Å². The van der Waals surface area contributed by atoms with Crippen LogP contribution in [0.15, 0.2) is 203 Å². The lowest BCUT2D eigenvalue weighted by molar-refractivity contribution is 0.524. The Morgan fingerprint density at radius 2 is 0.891 bits per heavy atom. The van der Waals surface area contributed by atoms with E-state index in [4.69, 9.17) is 8.83 Å². The molecule has 55 heavy (non-hydrogen) atoms. The van der Waals surface area contributed by atoms with Crippen LogP contribution in [0.3, 0.4) is 0 Å². The normalized spacial score (nSPS) is 11.6. The molecule has 260 valence electrons. The average molecular weight is 725 g/mol. The van der Waals surface area contributed by atoms with Crippen LogP contribution in [0.25, 0.3) is 64.4 Å². The van der Waals surface area contributed by atoms with Crippen LogP contribution >= 0.6 is 11.3 Å². The predicted molar refractivity (Wildman–Crippen MR) is 231 cm³/mol. The minimum absolute atomic E-state index is 0.525. The van der Waals surface area contributed by atoms with Gasteiger partial charge < -0.3 is 18.6 Å². The van der Waals surface area contributed by atoms with E-state index >= 15 is 0 Å². The van der Waals surface area contributed by atoms with Crippen molar-refractivity contribution in [3.05, 3.63) is 194 Å². The van der Waals surface area contributed by atoms with Crippen molar-refractivity contribution in [2.24, 2.45) is 0 Å². The van der Waals surface area contributed by atoms with Gasteiger partial charge in [0, 0.05) is 71.1 Å². The maximum atomic E-state index is 6.53. The Morgan fingerprint density at radius 1 is 0.345 bits per heavy atom. The van der Waals surface area contributed by atoms with Gasteiger partial charge in [0.05, 0.1) is 5.39 Å². The van der Waals surface area contributed by atoms with Gasteiger partial charge in [-0.15, -0.1) is 11.3 Å². The first-order chi connectivity index (χ1) is 27.3. The molecule has 0 unspecified atom stereocenters. The molecule has 0 N–H and O–H groups in total. The minimum Gasteiger partial charge on any atom is -0.425 e. The van der Waals surface area contributed by atoms with Gasteiger partial charge in [-0.2, -0.15) is 0 Å². The quantitative estimate of drug-likeness (QED) is 0.164. The number of hydrogen-bond acceptors (Lipinski definition) is 5. The average Bonchev–Trinajstić information content (AvgIpc) is 3.92. The third-order valence-electron chi connectivity index (χ3n) is 10.5. The number of furan rings is 2. The van der Waals surface area contributed by atoms with Gasteiger partial charge in [0.15, 0.2) is 0 Å². The summed E-state index contributed by atoms with van der Waals surface area (Å²) in [5.74, 6) is 0.525. The predicted octanol–water partition coefficient (Wildman–Crippen LogP) is 15.3. The number of para-hydroxylation sites is 3. The Morgan fingerprint density at radius 3 is 1.56 bits per heavy atom. The van der Waals surface area contributed by atoms with Crippen LogP contribution in [-0.2, 0) is 0 Å². The molecule has 0 spiro atoms. The number of anilines is 6. The highest BCUT2D eigenvalue weighted by atomic mass is 32.1. The van der Waals surface area contributed by atoms with E-state index in [1.54, 1.807) is 0 Å². The van der Waals surface area contributed by atoms with Crippen LogP contribution in [0.2, 0.25) is 0 Å². The molecular weight excluding hydrogens is 693 g/mol. The monoisotopic (exact) mass is 724 g/mol. The number of fused-ring (bicyclic) bond motifs is 8. The molecule has 0 aliphatic carbocycles. The highest BCUT2D eigenvalue weighted by Crippen LogP contribution is 2.46. The summed E-state index contributed by atoms with van der Waals surface area (Å²) in [6, 6.07) is 68.5. The summed E-state index contributed by atoms with van der Waals surface area (Å²) in [6.07, 6.45) is 0. The molecule has 3 aromatic heterocycles. The first-order valence-corrected chi connectivity index (χ1v) is 19.2. The molecular formula is C50H32N2O2S. The first kappa shape index (κ1) is 31.4. The van der Waals surface area contributed by atoms with Crippen molar-refractivity contribution in [1.29, 1.82) is 0 Å². The van der Waals surface area contributed by atoms with Crippen LogP contribution in [0.4, 0.5) is 34.1 Å². The second-order valence-corrected chi connectivity index (χ2v) is 14.8. The number of thiophene rings is 1. The van der Waals surface area contributed by atoms with Gasteiger partial charge in [-0.1, -0.05) is 103 Å². The van der Waals surface area contributed by atoms with E-state index in [1.165, 1.54) is 31.3 Å². The zero-order valence-electron chi connectivity index (χ0n) is 29.6. The summed E-state index contributed by atoms with van der Waals surface area (Å²) in [4.78, 5) is 4.58. The molecule has 11 rings (SSSR count). The highest BCUT2D eigenvalue weighted by molar-refractivity contribution is 7.26. The molecule has 0 bridgehead atoms. The van der Waals surface area contributed by atoms with E-state index in [0.717, 1.165) is 61.4 Å². The molecule has 0 aliphatic heterocycles. The Kier molecular flexibility index (Phi) is 7.32. The van der Waals surface area contributed by atoms with Gasteiger partial charge in [0.2, 0.25) is 0 Å². The van der Waals surface area contributed by atoms with E-state index in [2.05, 4.69) is 186 Å². The van der Waals surface area contributed by atoms with E-state index < -0.39 is 0 Å². The number of benzene rings is 8. The third-order valence-corrected chi connectivity index (χ3v) is 11.6. The van der Waals surface area contributed by atoms with Crippen LogP contribution in [0, 0.1) is 0 Å². The maximum absolute atomic E-state index is 6.53. The fourth-order valence-corrected chi connectivity index (χ4v) is 9.17. The number of hydrogen-bond donors (Lipinski definition) is 0. The fourth-order valence-electron chi connectivity index (χ4n) is 8.01. The lowest BCUT2D eigenvalue weighted by Gasteiger charge is -2.25. The second-order valence-electron chi connectivity index (χ2n) is 13.7. The van der Waals surface area contributed by atoms with Crippen molar-refractivity contribution < 1.29 is 8.83 Å². The van der Waals surface area contributed by atoms with Gasteiger partial charge in [0.1, 0.15) is 11.2 Å². The highest BCUT2D eigenvalue weighted by Gasteiger charge is 2.22. The topological polar surface area (TPSA) is 32.8 Å². The molecule has 0 atom stereocenters. The molecule has 0 aliphatic rings.